The molecule has 0 aromatic carbocycles. The van der Waals surface area contributed by atoms with Crippen LogP contribution in [0.15, 0.2) is 28.2 Å². The van der Waals surface area contributed by atoms with Crippen molar-refractivity contribution in [2.24, 2.45) is 0 Å². The van der Waals surface area contributed by atoms with Gasteiger partial charge in [-0.1, -0.05) is 13.3 Å². The zero-order valence-electron chi connectivity index (χ0n) is 12.6. The van der Waals surface area contributed by atoms with Gasteiger partial charge in [0.05, 0.1) is 18.4 Å². The summed E-state index contributed by atoms with van der Waals surface area (Å²) in [5.41, 5.74) is 0.640. The molecular formula is C15H19N3O3S. The van der Waals surface area contributed by atoms with E-state index in [1.165, 1.54) is 17.6 Å². The number of anilines is 1. The Bertz CT molecular complexity index is 622. The third-order valence-electron chi connectivity index (χ3n) is 2.99. The number of rotatable bonds is 7. The summed E-state index contributed by atoms with van der Waals surface area (Å²) < 4.78 is 5.01. The molecule has 1 atom stereocenters. The lowest BCUT2D eigenvalue weighted by atomic mass is 10.2. The molecule has 0 saturated heterocycles. The lowest BCUT2D eigenvalue weighted by Crippen LogP contribution is -2.33. The normalized spacial score (nSPS) is 11.9. The van der Waals surface area contributed by atoms with E-state index < -0.39 is 0 Å². The Kier molecular flexibility index (Phi) is 5.71. The van der Waals surface area contributed by atoms with Crippen LogP contribution in [0.25, 0.3) is 0 Å². The van der Waals surface area contributed by atoms with Gasteiger partial charge in [-0.15, -0.1) is 11.3 Å². The Morgan fingerprint density at radius 2 is 2.27 bits per heavy atom. The number of carbonyl (C=O) groups excluding carboxylic acids is 2. The Morgan fingerprint density at radius 1 is 1.45 bits per heavy atom. The first kappa shape index (κ1) is 16.2. The highest BCUT2D eigenvalue weighted by atomic mass is 32.1. The van der Waals surface area contributed by atoms with E-state index in [-0.39, 0.29) is 30.0 Å². The molecule has 0 aliphatic heterocycles. The Balaban J connectivity index is 1.86. The molecule has 0 fully saturated rings. The topological polar surface area (TPSA) is 84.2 Å². The number of hydrogen-bond donors (Lipinski definition) is 2. The van der Waals surface area contributed by atoms with Gasteiger partial charge < -0.3 is 9.73 Å². The number of thiazole rings is 1. The van der Waals surface area contributed by atoms with Crippen molar-refractivity contribution < 1.29 is 14.0 Å². The summed E-state index contributed by atoms with van der Waals surface area (Å²) in [6, 6.07) is 3.38. The third kappa shape index (κ3) is 4.70. The summed E-state index contributed by atoms with van der Waals surface area (Å²) in [6.07, 6.45) is 3.62. The third-order valence-corrected chi connectivity index (χ3v) is 3.79. The highest BCUT2D eigenvalue weighted by molar-refractivity contribution is 7.14. The monoisotopic (exact) mass is 321 g/mol. The zero-order chi connectivity index (χ0) is 15.9. The average molecular weight is 321 g/mol. The summed E-state index contributed by atoms with van der Waals surface area (Å²) in [4.78, 5) is 27.9. The van der Waals surface area contributed by atoms with Crippen LogP contribution in [0.4, 0.5) is 5.13 Å². The number of aromatic nitrogens is 1. The fourth-order valence-corrected chi connectivity index (χ4v) is 2.71. The van der Waals surface area contributed by atoms with Crippen molar-refractivity contribution in [3.63, 3.8) is 0 Å². The summed E-state index contributed by atoms with van der Waals surface area (Å²) in [6.45, 7) is 4.06. The first-order chi connectivity index (χ1) is 10.6. The Hall–Kier alpha value is -2.15. The second-order valence-electron chi connectivity index (χ2n) is 5.01. The number of nitrogens with zero attached hydrogens (tertiary/aromatic N) is 1. The quantitative estimate of drug-likeness (QED) is 0.821. The molecule has 1 unspecified atom stereocenters. The average Bonchev–Trinajstić information content (AvgIpc) is 3.10. The zero-order valence-corrected chi connectivity index (χ0v) is 13.4. The predicted molar refractivity (Wildman–Crippen MR) is 85.0 cm³/mol. The molecule has 2 N–H and O–H groups in total. The number of nitrogens with one attached hydrogen (secondary N) is 2. The molecule has 0 bridgehead atoms. The molecule has 6 nitrogen and oxygen atoms in total. The Morgan fingerprint density at radius 3 is 2.95 bits per heavy atom. The maximum Gasteiger partial charge on any atom is 0.293 e. The molecule has 0 aliphatic carbocycles. The molecule has 0 aliphatic rings. The van der Waals surface area contributed by atoms with Crippen LogP contribution in [0, 0.1) is 0 Å². The fourth-order valence-electron chi connectivity index (χ4n) is 2.01. The van der Waals surface area contributed by atoms with Crippen LogP contribution in [0.3, 0.4) is 0 Å². The summed E-state index contributed by atoms with van der Waals surface area (Å²) in [5, 5.41) is 7.78. The summed E-state index contributed by atoms with van der Waals surface area (Å²) in [7, 11) is 0. The molecule has 0 radical (unpaired) electrons. The molecule has 0 saturated carbocycles. The van der Waals surface area contributed by atoms with Crippen LogP contribution in [0.5, 0.6) is 0 Å². The van der Waals surface area contributed by atoms with Crippen LogP contribution in [0.1, 0.15) is 42.9 Å². The van der Waals surface area contributed by atoms with E-state index in [2.05, 4.69) is 22.5 Å². The van der Waals surface area contributed by atoms with E-state index >= 15 is 0 Å². The van der Waals surface area contributed by atoms with Gasteiger partial charge in [0, 0.05) is 11.4 Å². The van der Waals surface area contributed by atoms with Gasteiger partial charge in [0.1, 0.15) is 0 Å². The van der Waals surface area contributed by atoms with E-state index in [0.717, 1.165) is 12.8 Å². The molecular weight excluding hydrogens is 302 g/mol. The number of furan rings is 1. The molecule has 0 spiro atoms. The fraction of sp³-hybridized carbons (Fsp3) is 0.400. The van der Waals surface area contributed by atoms with Crippen molar-refractivity contribution in [3.8, 4) is 0 Å². The van der Waals surface area contributed by atoms with E-state index in [0.29, 0.717) is 10.8 Å². The number of amides is 2. The smallest absolute Gasteiger partial charge is 0.293 e. The lowest BCUT2D eigenvalue weighted by molar-refractivity contribution is -0.121. The van der Waals surface area contributed by atoms with Crippen LogP contribution in [-0.2, 0) is 11.2 Å². The highest BCUT2D eigenvalue weighted by Gasteiger charge is 2.13. The van der Waals surface area contributed by atoms with E-state index in [4.69, 9.17) is 4.42 Å². The SMILES string of the molecule is CCCC(C)NC(=O)Cc1csc(NC(=O)c2ccco2)n1. The first-order valence-electron chi connectivity index (χ1n) is 7.17. The van der Waals surface area contributed by atoms with Gasteiger partial charge in [-0.3, -0.25) is 14.9 Å². The van der Waals surface area contributed by atoms with Gasteiger partial charge in [-0.2, -0.15) is 0 Å². The maximum atomic E-state index is 11.9. The number of hydrogen-bond acceptors (Lipinski definition) is 5. The van der Waals surface area contributed by atoms with Gasteiger partial charge in [-0.25, -0.2) is 4.98 Å². The summed E-state index contributed by atoms with van der Waals surface area (Å²) in [5.74, 6) is -0.190. The molecule has 7 heteroatoms. The van der Waals surface area contributed by atoms with Crippen molar-refractivity contribution >= 4 is 28.3 Å². The van der Waals surface area contributed by atoms with Crippen LogP contribution >= 0.6 is 11.3 Å². The molecule has 2 aromatic heterocycles. The van der Waals surface area contributed by atoms with Gasteiger partial charge in [0.25, 0.3) is 5.91 Å². The molecule has 2 heterocycles. The largest absolute Gasteiger partial charge is 0.459 e. The molecule has 118 valence electrons. The molecule has 2 rings (SSSR count). The first-order valence-corrected chi connectivity index (χ1v) is 8.05. The van der Waals surface area contributed by atoms with Crippen molar-refractivity contribution in [3.05, 3.63) is 35.2 Å². The van der Waals surface area contributed by atoms with Crippen molar-refractivity contribution in [2.75, 3.05) is 5.32 Å². The van der Waals surface area contributed by atoms with Crippen molar-refractivity contribution in [1.82, 2.24) is 10.3 Å². The van der Waals surface area contributed by atoms with E-state index in [1.54, 1.807) is 17.5 Å². The van der Waals surface area contributed by atoms with Gasteiger partial charge in [-0.05, 0) is 25.5 Å². The van der Waals surface area contributed by atoms with Gasteiger partial charge >= 0.3 is 0 Å². The van der Waals surface area contributed by atoms with Crippen molar-refractivity contribution in [2.45, 2.75) is 39.2 Å². The van der Waals surface area contributed by atoms with Crippen LogP contribution in [0.2, 0.25) is 0 Å². The highest BCUT2D eigenvalue weighted by Crippen LogP contribution is 2.17. The van der Waals surface area contributed by atoms with Gasteiger partial charge in [0.2, 0.25) is 5.91 Å². The Labute approximate surface area is 132 Å². The maximum absolute atomic E-state index is 11.9. The van der Waals surface area contributed by atoms with Crippen LogP contribution in [-0.4, -0.2) is 22.8 Å². The molecule has 2 aromatic rings. The summed E-state index contributed by atoms with van der Waals surface area (Å²) >= 11 is 1.28. The number of carbonyl (C=O) groups is 2. The minimum absolute atomic E-state index is 0.0600. The van der Waals surface area contributed by atoms with E-state index in [9.17, 15) is 9.59 Å². The van der Waals surface area contributed by atoms with Crippen LogP contribution < -0.4 is 10.6 Å². The standard InChI is InChI=1S/C15H19N3O3S/c1-3-5-10(2)16-13(19)8-11-9-22-15(17-11)18-14(20)12-6-4-7-21-12/h4,6-7,9-10H,3,5,8H2,1-2H3,(H,16,19)(H,17,18,20). The lowest BCUT2D eigenvalue weighted by Gasteiger charge is -2.11. The second kappa shape index (κ2) is 7.74. The molecule has 22 heavy (non-hydrogen) atoms. The molecule has 2 amide bonds. The van der Waals surface area contributed by atoms with Gasteiger partial charge in [0.15, 0.2) is 10.9 Å². The second-order valence-corrected chi connectivity index (χ2v) is 5.87. The minimum atomic E-state index is -0.355. The predicted octanol–water partition coefficient (Wildman–Crippen LogP) is 2.84. The minimum Gasteiger partial charge on any atom is -0.459 e. The van der Waals surface area contributed by atoms with E-state index in [1.807, 2.05) is 6.92 Å². The van der Waals surface area contributed by atoms with Crippen molar-refractivity contribution in [1.29, 1.82) is 0 Å².